The van der Waals surface area contributed by atoms with Crippen LogP contribution in [0.2, 0.25) is 0 Å². The van der Waals surface area contributed by atoms with Crippen molar-refractivity contribution >= 4 is 18.6 Å². The van der Waals surface area contributed by atoms with Crippen LogP contribution in [0.1, 0.15) is 6.92 Å². The summed E-state index contributed by atoms with van der Waals surface area (Å²) in [6.07, 6.45) is 0.131. The fourth-order valence-electron chi connectivity index (χ4n) is 0.499. The average Bonchev–Trinajstić information content (AvgIpc) is 2.81. The van der Waals surface area contributed by atoms with Crippen molar-refractivity contribution in [1.82, 2.24) is 0 Å². The summed E-state index contributed by atoms with van der Waals surface area (Å²) in [4.78, 5) is 10.9. The van der Waals surface area contributed by atoms with Crippen LogP contribution in [0.3, 0.4) is 0 Å². The van der Waals surface area contributed by atoms with E-state index in [0.29, 0.717) is 18.8 Å². The van der Waals surface area contributed by atoms with E-state index in [0.717, 1.165) is 0 Å². The molecule has 1 aliphatic rings. The van der Waals surface area contributed by atoms with Crippen LogP contribution in [0.25, 0.3) is 0 Å². The van der Waals surface area contributed by atoms with Crippen molar-refractivity contribution in [3.63, 3.8) is 0 Å². The third kappa shape index (κ3) is 2.95. The van der Waals surface area contributed by atoms with Crippen molar-refractivity contribution in [3.8, 4) is 0 Å². The minimum Gasteiger partial charge on any atom is -0.459 e. The number of carbonyl (C=O) groups excluding carboxylic acids is 1. The van der Waals surface area contributed by atoms with Gasteiger partial charge in [0.15, 0.2) is 0 Å². The third-order valence-corrected chi connectivity index (χ3v) is 1.71. The van der Waals surface area contributed by atoms with Crippen LogP contribution in [0.15, 0.2) is 11.0 Å². The number of esters is 1. The van der Waals surface area contributed by atoms with E-state index in [1.54, 1.807) is 6.92 Å². The van der Waals surface area contributed by atoms with Gasteiger partial charge in [0.25, 0.3) is 0 Å². The zero-order valence-electron chi connectivity index (χ0n) is 6.24. The van der Waals surface area contributed by atoms with E-state index in [9.17, 15) is 4.79 Å². The fraction of sp³-hybridized carbons (Fsp3) is 0.571. The summed E-state index contributed by atoms with van der Waals surface area (Å²) in [6.45, 7) is 2.72. The maximum atomic E-state index is 10.9. The Kier molecular flexibility index (Phi) is 2.96. The minimum atomic E-state index is -0.324. The lowest BCUT2D eigenvalue weighted by Crippen LogP contribution is -2.10. The summed E-state index contributed by atoms with van der Waals surface area (Å²) in [6, 6.07) is 0. The van der Waals surface area contributed by atoms with Gasteiger partial charge in [-0.3, -0.25) is 0 Å². The van der Waals surface area contributed by atoms with Crippen LogP contribution in [0.4, 0.5) is 0 Å². The third-order valence-electron chi connectivity index (χ3n) is 1.32. The Labute approximate surface area is 70.8 Å². The van der Waals surface area contributed by atoms with Gasteiger partial charge in [0.1, 0.15) is 12.7 Å². The quantitative estimate of drug-likeness (QED) is 0.297. The molecular weight excluding hydrogens is 164 g/mol. The molecule has 0 radical (unpaired) electrons. The minimum absolute atomic E-state index is 0.131. The average molecular weight is 174 g/mol. The van der Waals surface area contributed by atoms with Gasteiger partial charge in [-0.2, -0.15) is 12.6 Å². The lowest BCUT2D eigenvalue weighted by Gasteiger charge is -2.00. The molecule has 0 saturated carbocycles. The molecule has 1 aliphatic heterocycles. The van der Waals surface area contributed by atoms with Gasteiger partial charge in [-0.05, 0) is 12.3 Å². The molecule has 3 nitrogen and oxygen atoms in total. The molecule has 0 N–H and O–H groups in total. The van der Waals surface area contributed by atoms with Crippen molar-refractivity contribution in [1.29, 1.82) is 0 Å². The highest BCUT2D eigenvalue weighted by molar-refractivity contribution is 7.83. The molecular formula is C7H10O3S. The van der Waals surface area contributed by atoms with Gasteiger partial charge in [-0.1, -0.05) is 0 Å². The van der Waals surface area contributed by atoms with E-state index in [1.165, 1.54) is 5.41 Å². The summed E-state index contributed by atoms with van der Waals surface area (Å²) in [7, 11) is 0. The van der Waals surface area contributed by atoms with E-state index in [2.05, 4.69) is 12.6 Å². The van der Waals surface area contributed by atoms with Crippen molar-refractivity contribution < 1.29 is 14.3 Å². The van der Waals surface area contributed by atoms with Crippen LogP contribution < -0.4 is 0 Å². The topological polar surface area (TPSA) is 38.8 Å². The first-order valence-electron chi connectivity index (χ1n) is 3.33. The second-order valence-electron chi connectivity index (χ2n) is 2.37. The largest absolute Gasteiger partial charge is 0.459 e. The Morgan fingerprint density at radius 2 is 2.55 bits per heavy atom. The van der Waals surface area contributed by atoms with Gasteiger partial charge in [0, 0.05) is 5.57 Å². The Morgan fingerprint density at radius 3 is 3.00 bits per heavy atom. The molecule has 1 heterocycles. The Balaban J connectivity index is 2.19. The summed E-state index contributed by atoms with van der Waals surface area (Å²) >= 11 is 3.82. The van der Waals surface area contributed by atoms with Crippen LogP contribution in [0.5, 0.6) is 0 Å². The number of epoxide rings is 1. The first-order chi connectivity index (χ1) is 5.24. The van der Waals surface area contributed by atoms with Gasteiger partial charge >= 0.3 is 5.97 Å². The lowest BCUT2D eigenvalue weighted by atomic mass is 10.4. The van der Waals surface area contributed by atoms with Crippen LogP contribution in [-0.4, -0.2) is 25.3 Å². The molecule has 1 unspecified atom stereocenters. The van der Waals surface area contributed by atoms with E-state index in [-0.39, 0.29) is 12.1 Å². The first-order valence-corrected chi connectivity index (χ1v) is 3.85. The van der Waals surface area contributed by atoms with Crippen molar-refractivity contribution in [2.45, 2.75) is 13.0 Å². The van der Waals surface area contributed by atoms with Crippen LogP contribution >= 0.6 is 12.6 Å². The number of thiol groups is 1. The van der Waals surface area contributed by atoms with Gasteiger partial charge in [-0.25, -0.2) is 4.79 Å². The van der Waals surface area contributed by atoms with Crippen molar-refractivity contribution in [2.75, 3.05) is 13.2 Å². The number of rotatable bonds is 3. The lowest BCUT2D eigenvalue weighted by molar-refractivity contribution is -0.139. The Morgan fingerprint density at radius 1 is 1.91 bits per heavy atom. The van der Waals surface area contributed by atoms with E-state index >= 15 is 0 Å². The zero-order chi connectivity index (χ0) is 8.27. The standard InChI is InChI=1S/C7H10O3S/c1-5(4-11)7(8)10-3-6-2-9-6/h4,6,11H,2-3H2,1H3. The Hall–Kier alpha value is -0.480. The van der Waals surface area contributed by atoms with E-state index in [4.69, 9.17) is 9.47 Å². The molecule has 1 rings (SSSR count). The molecule has 1 fully saturated rings. The van der Waals surface area contributed by atoms with Gasteiger partial charge < -0.3 is 9.47 Å². The molecule has 0 spiro atoms. The summed E-state index contributed by atoms with van der Waals surface area (Å²) in [5, 5.41) is 1.43. The van der Waals surface area contributed by atoms with Crippen LogP contribution in [-0.2, 0) is 14.3 Å². The van der Waals surface area contributed by atoms with Crippen molar-refractivity contribution in [2.24, 2.45) is 0 Å². The number of hydrogen-bond donors (Lipinski definition) is 1. The molecule has 0 aromatic rings. The second-order valence-corrected chi connectivity index (χ2v) is 2.62. The SMILES string of the molecule is CC(=CS)C(=O)OCC1CO1. The number of carbonyl (C=O) groups is 1. The maximum absolute atomic E-state index is 10.9. The number of ether oxygens (including phenoxy) is 2. The maximum Gasteiger partial charge on any atom is 0.334 e. The second kappa shape index (κ2) is 3.78. The first kappa shape index (κ1) is 8.62. The molecule has 0 amide bonds. The summed E-state index contributed by atoms with van der Waals surface area (Å²) in [5.74, 6) is -0.324. The predicted octanol–water partition coefficient (Wildman–Crippen LogP) is 0.762. The molecule has 0 aromatic heterocycles. The Bertz CT molecular complexity index is 184. The number of hydrogen-bond acceptors (Lipinski definition) is 4. The van der Waals surface area contributed by atoms with Crippen molar-refractivity contribution in [3.05, 3.63) is 11.0 Å². The van der Waals surface area contributed by atoms with Gasteiger partial charge in [-0.15, -0.1) is 0 Å². The molecule has 1 saturated heterocycles. The van der Waals surface area contributed by atoms with E-state index < -0.39 is 0 Å². The molecule has 62 valence electrons. The van der Waals surface area contributed by atoms with Crippen LogP contribution in [0, 0.1) is 0 Å². The monoisotopic (exact) mass is 174 g/mol. The van der Waals surface area contributed by atoms with Gasteiger partial charge in [0.05, 0.1) is 6.61 Å². The highest BCUT2D eigenvalue weighted by atomic mass is 32.1. The molecule has 11 heavy (non-hydrogen) atoms. The molecule has 0 bridgehead atoms. The van der Waals surface area contributed by atoms with E-state index in [1.807, 2.05) is 0 Å². The molecule has 0 aliphatic carbocycles. The van der Waals surface area contributed by atoms with Gasteiger partial charge in [0.2, 0.25) is 0 Å². The smallest absolute Gasteiger partial charge is 0.334 e. The molecule has 4 heteroatoms. The highest BCUT2D eigenvalue weighted by Crippen LogP contribution is 2.09. The predicted molar refractivity (Wildman–Crippen MR) is 43.4 cm³/mol. The summed E-state index contributed by atoms with van der Waals surface area (Å²) in [5.41, 5.74) is 0.508. The molecule has 1 atom stereocenters. The normalized spacial score (nSPS) is 23.1. The zero-order valence-corrected chi connectivity index (χ0v) is 7.14. The molecule has 0 aromatic carbocycles. The fourth-order valence-corrected chi connectivity index (χ4v) is 0.605. The highest BCUT2D eigenvalue weighted by Gasteiger charge is 2.24. The summed E-state index contributed by atoms with van der Waals surface area (Å²) < 4.78 is 9.69.